The Hall–Kier alpha value is -1.11. The molecule has 1 heterocycles. The fraction of sp³-hybridized carbons (Fsp3) is 0.467. The second-order valence-electron chi connectivity index (χ2n) is 5.42. The van der Waals surface area contributed by atoms with Crippen molar-refractivity contribution in [2.45, 2.75) is 32.2 Å². The number of hydrogen-bond acceptors (Lipinski definition) is 2. The van der Waals surface area contributed by atoms with E-state index in [1.54, 1.807) is 7.05 Å². The van der Waals surface area contributed by atoms with Crippen molar-refractivity contribution in [3.05, 3.63) is 33.4 Å². The zero-order chi connectivity index (χ0) is 14.9. The summed E-state index contributed by atoms with van der Waals surface area (Å²) in [4.78, 5) is 14.0. The van der Waals surface area contributed by atoms with Gasteiger partial charge in [0.15, 0.2) is 5.96 Å². The fourth-order valence-corrected chi connectivity index (χ4v) is 3.34. The van der Waals surface area contributed by atoms with Crippen LogP contribution in [0.15, 0.2) is 24.3 Å². The van der Waals surface area contributed by atoms with Crippen LogP contribution in [-0.4, -0.2) is 23.8 Å². The lowest BCUT2D eigenvalue weighted by Gasteiger charge is -2.45. The quantitative estimate of drug-likeness (QED) is 0.787. The first-order valence-corrected chi connectivity index (χ1v) is 7.88. The molecule has 0 bridgehead atoms. The molecular formula is C15H20IN3O. The van der Waals surface area contributed by atoms with Crippen molar-refractivity contribution < 1.29 is 4.79 Å². The molecule has 1 saturated heterocycles. The fourth-order valence-electron chi connectivity index (χ4n) is 2.79. The number of hydrogen-bond donors (Lipinski definition) is 2. The minimum absolute atomic E-state index is 0.0250. The van der Waals surface area contributed by atoms with E-state index in [0.29, 0.717) is 0 Å². The lowest BCUT2D eigenvalue weighted by Crippen LogP contribution is -2.63. The Labute approximate surface area is 133 Å². The standard InChI is InChI=1S/C15H20IN3O/c1-4-6-12-13(20)19(3)14(17)18-15(12,2)10-7-5-8-11(16)9-10/h5,7-9,12H,4,6H2,1-3H3,(H2,17,18)/t12-,15-/m1/s1. The first-order chi connectivity index (χ1) is 9.40. The molecule has 1 amide bonds. The van der Waals surface area contributed by atoms with Crippen molar-refractivity contribution in [3.63, 3.8) is 0 Å². The monoisotopic (exact) mass is 385 g/mol. The predicted molar refractivity (Wildman–Crippen MR) is 88.5 cm³/mol. The van der Waals surface area contributed by atoms with E-state index in [1.807, 2.05) is 25.1 Å². The molecule has 0 saturated carbocycles. The highest BCUT2D eigenvalue weighted by Crippen LogP contribution is 2.37. The van der Waals surface area contributed by atoms with Gasteiger partial charge in [0.05, 0.1) is 11.5 Å². The van der Waals surface area contributed by atoms with Crippen LogP contribution in [0.3, 0.4) is 0 Å². The Morgan fingerprint density at radius 1 is 1.50 bits per heavy atom. The molecule has 20 heavy (non-hydrogen) atoms. The van der Waals surface area contributed by atoms with E-state index in [-0.39, 0.29) is 17.8 Å². The third-order valence-electron chi connectivity index (χ3n) is 4.04. The topological polar surface area (TPSA) is 56.2 Å². The molecule has 0 unspecified atom stereocenters. The van der Waals surface area contributed by atoms with Crippen LogP contribution in [0.25, 0.3) is 0 Å². The highest BCUT2D eigenvalue weighted by atomic mass is 127. The van der Waals surface area contributed by atoms with E-state index in [1.165, 1.54) is 4.90 Å². The lowest BCUT2D eigenvalue weighted by atomic mass is 9.75. The summed E-state index contributed by atoms with van der Waals surface area (Å²) in [6.07, 6.45) is 1.75. The molecule has 0 radical (unpaired) electrons. The number of carbonyl (C=O) groups excluding carboxylic acids is 1. The average molecular weight is 385 g/mol. The van der Waals surface area contributed by atoms with Crippen molar-refractivity contribution in [3.8, 4) is 0 Å². The number of nitrogens with zero attached hydrogens (tertiary/aromatic N) is 1. The Bertz CT molecular complexity index is 546. The molecule has 5 heteroatoms. The average Bonchev–Trinajstić information content (AvgIpc) is 2.41. The van der Waals surface area contributed by atoms with Gasteiger partial charge in [-0.2, -0.15) is 0 Å². The highest BCUT2D eigenvalue weighted by molar-refractivity contribution is 14.1. The maximum absolute atomic E-state index is 12.5. The van der Waals surface area contributed by atoms with Crippen molar-refractivity contribution in [1.29, 1.82) is 5.41 Å². The van der Waals surface area contributed by atoms with Gasteiger partial charge in [0.25, 0.3) is 0 Å². The van der Waals surface area contributed by atoms with Gasteiger partial charge in [-0.3, -0.25) is 15.1 Å². The van der Waals surface area contributed by atoms with Gasteiger partial charge in [-0.05, 0) is 53.6 Å². The molecule has 2 atom stereocenters. The van der Waals surface area contributed by atoms with Crippen LogP contribution >= 0.6 is 22.6 Å². The number of carbonyl (C=O) groups is 1. The second-order valence-corrected chi connectivity index (χ2v) is 6.67. The van der Waals surface area contributed by atoms with Gasteiger partial charge < -0.3 is 5.32 Å². The summed E-state index contributed by atoms with van der Waals surface area (Å²) in [6, 6.07) is 8.15. The SMILES string of the molecule is CCC[C@@H]1C(=O)N(C)C(=N)N[C@]1(C)c1cccc(I)c1. The molecular weight excluding hydrogens is 365 g/mol. The molecule has 1 aliphatic heterocycles. The van der Waals surface area contributed by atoms with E-state index in [0.717, 1.165) is 22.0 Å². The smallest absolute Gasteiger partial charge is 0.234 e. The van der Waals surface area contributed by atoms with Crippen LogP contribution in [0.5, 0.6) is 0 Å². The molecule has 1 aromatic rings. The van der Waals surface area contributed by atoms with Crippen LogP contribution in [0, 0.1) is 14.9 Å². The number of guanidine groups is 1. The maximum Gasteiger partial charge on any atom is 0.234 e. The summed E-state index contributed by atoms with van der Waals surface area (Å²) >= 11 is 2.27. The minimum atomic E-state index is -0.516. The number of nitrogens with one attached hydrogen (secondary N) is 2. The molecule has 4 nitrogen and oxygen atoms in total. The molecule has 108 valence electrons. The van der Waals surface area contributed by atoms with Crippen LogP contribution in [-0.2, 0) is 10.3 Å². The molecule has 2 N–H and O–H groups in total. The van der Waals surface area contributed by atoms with Gasteiger partial charge in [-0.15, -0.1) is 0 Å². The third-order valence-corrected chi connectivity index (χ3v) is 4.71. The number of benzene rings is 1. The summed E-state index contributed by atoms with van der Waals surface area (Å²) in [5.74, 6) is 0.0467. The van der Waals surface area contributed by atoms with E-state index >= 15 is 0 Å². The molecule has 0 aliphatic carbocycles. The van der Waals surface area contributed by atoms with E-state index in [2.05, 4.69) is 40.9 Å². The van der Waals surface area contributed by atoms with E-state index in [9.17, 15) is 4.79 Å². The molecule has 1 aliphatic rings. The highest BCUT2D eigenvalue weighted by Gasteiger charge is 2.46. The largest absolute Gasteiger partial charge is 0.346 e. The van der Waals surface area contributed by atoms with Crippen molar-refractivity contribution in [2.75, 3.05) is 7.05 Å². The number of halogens is 1. The number of rotatable bonds is 3. The normalized spacial score (nSPS) is 26.6. The van der Waals surface area contributed by atoms with Gasteiger partial charge in [0.2, 0.25) is 5.91 Å². The first kappa shape index (κ1) is 15.3. The Kier molecular flexibility index (Phi) is 4.36. The minimum Gasteiger partial charge on any atom is -0.346 e. The molecule has 0 aromatic heterocycles. The summed E-state index contributed by atoms with van der Waals surface area (Å²) < 4.78 is 1.14. The van der Waals surface area contributed by atoms with E-state index < -0.39 is 5.54 Å². The van der Waals surface area contributed by atoms with Crippen LogP contribution in [0.1, 0.15) is 32.3 Å². The van der Waals surface area contributed by atoms with E-state index in [4.69, 9.17) is 5.41 Å². The van der Waals surface area contributed by atoms with Crippen molar-refractivity contribution >= 4 is 34.5 Å². The Morgan fingerprint density at radius 2 is 2.20 bits per heavy atom. The summed E-state index contributed by atoms with van der Waals surface area (Å²) in [6.45, 7) is 4.11. The van der Waals surface area contributed by atoms with Crippen molar-refractivity contribution in [2.24, 2.45) is 5.92 Å². The van der Waals surface area contributed by atoms with Crippen LogP contribution in [0.2, 0.25) is 0 Å². The van der Waals surface area contributed by atoms with Crippen LogP contribution in [0.4, 0.5) is 0 Å². The van der Waals surface area contributed by atoms with Gasteiger partial charge in [-0.1, -0.05) is 25.5 Å². The lowest BCUT2D eigenvalue weighted by molar-refractivity contribution is -0.135. The maximum atomic E-state index is 12.5. The zero-order valence-electron chi connectivity index (χ0n) is 12.0. The van der Waals surface area contributed by atoms with Gasteiger partial charge >= 0.3 is 0 Å². The third kappa shape index (κ3) is 2.55. The summed E-state index contributed by atoms with van der Waals surface area (Å²) in [5, 5.41) is 11.2. The molecule has 0 spiro atoms. The number of amides is 1. The van der Waals surface area contributed by atoms with Gasteiger partial charge in [0.1, 0.15) is 0 Å². The Balaban J connectivity index is 2.49. The van der Waals surface area contributed by atoms with Crippen LogP contribution < -0.4 is 5.32 Å². The molecule has 1 fully saturated rings. The van der Waals surface area contributed by atoms with Crippen molar-refractivity contribution in [1.82, 2.24) is 10.2 Å². The van der Waals surface area contributed by atoms with Gasteiger partial charge in [-0.25, -0.2) is 0 Å². The molecule has 1 aromatic carbocycles. The Morgan fingerprint density at radius 3 is 2.80 bits per heavy atom. The van der Waals surface area contributed by atoms with Gasteiger partial charge in [0, 0.05) is 10.6 Å². The second kappa shape index (κ2) is 5.71. The zero-order valence-corrected chi connectivity index (χ0v) is 14.2. The predicted octanol–water partition coefficient (Wildman–Crippen LogP) is 2.92. The first-order valence-electron chi connectivity index (χ1n) is 6.80. The molecule has 2 rings (SSSR count). The summed E-state index contributed by atoms with van der Waals surface area (Å²) in [5.41, 5.74) is 0.548. The summed E-state index contributed by atoms with van der Waals surface area (Å²) in [7, 11) is 1.66.